The molecule has 14 heavy (non-hydrogen) atoms. The van der Waals surface area contributed by atoms with E-state index in [1.807, 2.05) is 0 Å². The Bertz CT molecular complexity index is 248. The summed E-state index contributed by atoms with van der Waals surface area (Å²) in [4.78, 5) is 0. The molecule has 0 aliphatic rings. The van der Waals surface area contributed by atoms with Crippen LogP contribution in [0.3, 0.4) is 0 Å². The standard InChI is InChI=1S/C13H19Br/c1-11(2)5-3-4-6-12-7-9-13(14)10-8-12/h7-11H,3-6H2,1-2H3. The van der Waals surface area contributed by atoms with Gasteiger partial charge in [0, 0.05) is 4.47 Å². The Labute approximate surface area is 95.9 Å². The lowest BCUT2D eigenvalue weighted by Gasteiger charge is -2.04. The molecule has 1 aromatic rings. The minimum Gasteiger partial charge on any atom is -0.0628 e. The molecule has 0 saturated carbocycles. The van der Waals surface area contributed by atoms with Crippen LogP contribution in [0.25, 0.3) is 0 Å². The van der Waals surface area contributed by atoms with Gasteiger partial charge in [0.25, 0.3) is 0 Å². The van der Waals surface area contributed by atoms with Crippen molar-refractivity contribution < 1.29 is 0 Å². The fraction of sp³-hybridized carbons (Fsp3) is 0.538. The van der Waals surface area contributed by atoms with Gasteiger partial charge in [-0.15, -0.1) is 0 Å². The number of aryl methyl sites for hydroxylation is 1. The second-order valence-electron chi connectivity index (χ2n) is 4.27. The summed E-state index contributed by atoms with van der Waals surface area (Å²) in [6.45, 7) is 4.58. The van der Waals surface area contributed by atoms with E-state index in [4.69, 9.17) is 0 Å². The van der Waals surface area contributed by atoms with Gasteiger partial charge in [0.2, 0.25) is 0 Å². The summed E-state index contributed by atoms with van der Waals surface area (Å²) in [5, 5.41) is 0. The van der Waals surface area contributed by atoms with Crippen LogP contribution in [0.1, 0.15) is 38.7 Å². The molecule has 0 aliphatic carbocycles. The molecule has 0 fully saturated rings. The van der Waals surface area contributed by atoms with Crippen molar-refractivity contribution in [1.29, 1.82) is 0 Å². The number of benzene rings is 1. The van der Waals surface area contributed by atoms with E-state index in [0.29, 0.717) is 0 Å². The molecular weight excluding hydrogens is 236 g/mol. The van der Waals surface area contributed by atoms with Gasteiger partial charge >= 0.3 is 0 Å². The van der Waals surface area contributed by atoms with Gasteiger partial charge < -0.3 is 0 Å². The zero-order valence-corrected chi connectivity index (χ0v) is 10.7. The first kappa shape index (κ1) is 11.8. The lowest BCUT2D eigenvalue weighted by Crippen LogP contribution is -1.89. The van der Waals surface area contributed by atoms with E-state index in [1.54, 1.807) is 0 Å². The van der Waals surface area contributed by atoms with Crippen molar-refractivity contribution in [3.8, 4) is 0 Å². The van der Waals surface area contributed by atoms with Gasteiger partial charge in [-0.2, -0.15) is 0 Å². The largest absolute Gasteiger partial charge is 0.0628 e. The van der Waals surface area contributed by atoms with Crippen LogP contribution in [0.15, 0.2) is 28.7 Å². The highest BCUT2D eigenvalue weighted by atomic mass is 79.9. The van der Waals surface area contributed by atoms with Crippen molar-refractivity contribution in [2.24, 2.45) is 5.92 Å². The van der Waals surface area contributed by atoms with E-state index in [1.165, 1.54) is 35.7 Å². The van der Waals surface area contributed by atoms with Crippen molar-refractivity contribution in [1.82, 2.24) is 0 Å². The molecule has 0 unspecified atom stereocenters. The van der Waals surface area contributed by atoms with E-state index >= 15 is 0 Å². The maximum Gasteiger partial charge on any atom is 0.0175 e. The first-order chi connectivity index (χ1) is 6.68. The molecule has 78 valence electrons. The molecule has 0 spiro atoms. The van der Waals surface area contributed by atoms with Gasteiger partial charge in [-0.25, -0.2) is 0 Å². The second kappa shape index (κ2) is 6.23. The fourth-order valence-electron chi connectivity index (χ4n) is 1.53. The van der Waals surface area contributed by atoms with Crippen LogP contribution in [0, 0.1) is 5.92 Å². The molecule has 0 amide bonds. The third-order valence-corrected chi connectivity index (χ3v) is 2.94. The topological polar surface area (TPSA) is 0 Å². The summed E-state index contributed by atoms with van der Waals surface area (Å²) in [6.07, 6.45) is 5.25. The Balaban J connectivity index is 2.21. The molecule has 0 saturated heterocycles. The average molecular weight is 255 g/mol. The molecule has 0 aromatic heterocycles. The fourth-order valence-corrected chi connectivity index (χ4v) is 1.80. The van der Waals surface area contributed by atoms with Crippen molar-refractivity contribution in [2.45, 2.75) is 39.5 Å². The van der Waals surface area contributed by atoms with Crippen molar-refractivity contribution in [3.05, 3.63) is 34.3 Å². The summed E-state index contributed by atoms with van der Waals surface area (Å²) in [6, 6.07) is 8.66. The van der Waals surface area contributed by atoms with E-state index in [9.17, 15) is 0 Å². The molecule has 0 atom stereocenters. The summed E-state index contributed by atoms with van der Waals surface area (Å²) >= 11 is 3.45. The Morgan fingerprint density at radius 1 is 1.07 bits per heavy atom. The zero-order valence-electron chi connectivity index (χ0n) is 9.09. The minimum absolute atomic E-state index is 0.847. The normalized spacial score (nSPS) is 10.9. The quantitative estimate of drug-likeness (QED) is 0.662. The Hall–Kier alpha value is -0.300. The lowest BCUT2D eigenvalue weighted by atomic mass is 10.0. The molecule has 0 nitrogen and oxygen atoms in total. The van der Waals surface area contributed by atoms with Crippen LogP contribution in [0.5, 0.6) is 0 Å². The van der Waals surface area contributed by atoms with Gasteiger partial charge in [-0.1, -0.05) is 54.8 Å². The van der Waals surface area contributed by atoms with Crippen LogP contribution >= 0.6 is 15.9 Å². The van der Waals surface area contributed by atoms with Crippen LogP contribution in [-0.4, -0.2) is 0 Å². The van der Waals surface area contributed by atoms with Crippen molar-refractivity contribution in [3.63, 3.8) is 0 Å². The monoisotopic (exact) mass is 254 g/mol. The van der Waals surface area contributed by atoms with Gasteiger partial charge in [0.05, 0.1) is 0 Å². The first-order valence-corrected chi connectivity index (χ1v) is 6.22. The summed E-state index contributed by atoms with van der Waals surface area (Å²) in [5.41, 5.74) is 1.46. The van der Waals surface area contributed by atoms with E-state index in [2.05, 4.69) is 54.0 Å². The van der Waals surface area contributed by atoms with E-state index in [-0.39, 0.29) is 0 Å². The molecule has 0 heterocycles. The van der Waals surface area contributed by atoms with Gasteiger partial charge in [-0.3, -0.25) is 0 Å². The number of hydrogen-bond donors (Lipinski definition) is 0. The molecule has 0 radical (unpaired) electrons. The molecule has 0 N–H and O–H groups in total. The SMILES string of the molecule is CC(C)CCCCc1ccc(Br)cc1. The molecule has 0 aliphatic heterocycles. The average Bonchev–Trinajstić information content (AvgIpc) is 2.15. The van der Waals surface area contributed by atoms with Crippen LogP contribution in [0.4, 0.5) is 0 Å². The van der Waals surface area contributed by atoms with E-state index < -0.39 is 0 Å². The third kappa shape index (κ3) is 4.80. The van der Waals surface area contributed by atoms with Crippen LogP contribution in [0.2, 0.25) is 0 Å². The summed E-state index contributed by atoms with van der Waals surface area (Å²) in [7, 11) is 0. The van der Waals surface area contributed by atoms with Crippen molar-refractivity contribution >= 4 is 15.9 Å². The predicted octanol–water partition coefficient (Wildman–Crippen LogP) is 4.82. The first-order valence-electron chi connectivity index (χ1n) is 5.43. The summed E-state index contributed by atoms with van der Waals surface area (Å²) < 4.78 is 1.17. The molecular formula is C13H19Br. The molecule has 0 bridgehead atoms. The molecule has 1 aromatic carbocycles. The Morgan fingerprint density at radius 2 is 1.71 bits per heavy atom. The second-order valence-corrected chi connectivity index (χ2v) is 5.18. The molecule has 1 heteroatoms. The molecule has 1 rings (SSSR count). The summed E-state index contributed by atoms with van der Waals surface area (Å²) in [5.74, 6) is 0.847. The highest BCUT2D eigenvalue weighted by molar-refractivity contribution is 9.10. The van der Waals surface area contributed by atoms with Crippen molar-refractivity contribution in [2.75, 3.05) is 0 Å². The Morgan fingerprint density at radius 3 is 2.29 bits per heavy atom. The van der Waals surface area contributed by atoms with Gasteiger partial charge in [-0.05, 0) is 36.5 Å². The van der Waals surface area contributed by atoms with Crippen LogP contribution < -0.4 is 0 Å². The number of hydrogen-bond acceptors (Lipinski definition) is 0. The highest BCUT2D eigenvalue weighted by Crippen LogP contribution is 2.14. The maximum absolute atomic E-state index is 3.45. The zero-order chi connectivity index (χ0) is 10.4. The smallest absolute Gasteiger partial charge is 0.0175 e. The number of unbranched alkanes of at least 4 members (excludes halogenated alkanes) is 1. The van der Waals surface area contributed by atoms with E-state index in [0.717, 1.165) is 5.92 Å². The van der Waals surface area contributed by atoms with Gasteiger partial charge in [0.15, 0.2) is 0 Å². The highest BCUT2D eigenvalue weighted by Gasteiger charge is 1.96. The number of halogens is 1. The maximum atomic E-state index is 3.45. The van der Waals surface area contributed by atoms with Gasteiger partial charge in [0.1, 0.15) is 0 Å². The predicted molar refractivity (Wildman–Crippen MR) is 66.5 cm³/mol. The van der Waals surface area contributed by atoms with Crippen LogP contribution in [-0.2, 0) is 6.42 Å². The third-order valence-electron chi connectivity index (χ3n) is 2.41. The number of rotatable bonds is 5. The minimum atomic E-state index is 0.847. The Kier molecular flexibility index (Phi) is 5.24. The lowest BCUT2D eigenvalue weighted by molar-refractivity contribution is 0.538.